The van der Waals surface area contributed by atoms with Crippen molar-refractivity contribution in [2.75, 3.05) is 6.54 Å². The highest BCUT2D eigenvalue weighted by Crippen LogP contribution is 2.04. The monoisotopic (exact) mass is 189 g/mol. The Balaban J connectivity index is 3.67. The van der Waals surface area contributed by atoms with E-state index in [1.165, 1.54) is 0 Å². The summed E-state index contributed by atoms with van der Waals surface area (Å²) in [5.41, 5.74) is 10.2. The topological polar surface area (TPSA) is 118 Å². The lowest BCUT2D eigenvalue weighted by Gasteiger charge is -2.15. The van der Waals surface area contributed by atoms with Gasteiger partial charge in [0.05, 0.1) is 0 Å². The van der Waals surface area contributed by atoms with Crippen LogP contribution in [0.5, 0.6) is 0 Å². The van der Waals surface area contributed by atoms with Gasteiger partial charge in [-0.3, -0.25) is 4.79 Å². The maximum atomic E-state index is 10.4. The summed E-state index contributed by atoms with van der Waals surface area (Å²) in [6.45, 7) is 2.05. The Hall–Kier alpha value is -1.30. The predicted molar refractivity (Wildman–Crippen MR) is 47.0 cm³/mol. The highest BCUT2D eigenvalue weighted by Gasteiger charge is 2.19. The van der Waals surface area contributed by atoms with E-state index in [-0.39, 0.29) is 5.92 Å². The minimum atomic E-state index is -1.04. The van der Waals surface area contributed by atoms with Crippen molar-refractivity contribution in [2.45, 2.75) is 19.4 Å². The molecule has 0 rings (SSSR count). The average molecular weight is 189 g/mol. The van der Waals surface area contributed by atoms with Crippen LogP contribution in [0.25, 0.3) is 0 Å². The molecule has 0 aromatic heterocycles. The second-order valence-corrected chi connectivity index (χ2v) is 2.92. The largest absolute Gasteiger partial charge is 0.480 e. The van der Waals surface area contributed by atoms with E-state index in [9.17, 15) is 9.59 Å². The van der Waals surface area contributed by atoms with E-state index in [0.29, 0.717) is 13.0 Å². The van der Waals surface area contributed by atoms with Gasteiger partial charge in [-0.1, -0.05) is 6.92 Å². The molecule has 0 aliphatic rings. The summed E-state index contributed by atoms with van der Waals surface area (Å²) in [6.07, 6.45) is 0.496. The van der Waals surface area contributed by atoms with Crippen LogP contribution >= 0.6 is 0 Å². The summed E-state index contributed by atoms with van der Waals surface area (Å²) in [4.78, 5) is 20.6. The van der Waals surface area contributed by atoms with Gasteiger partial charge in [-0.15, -0.1) is 0 Å². The van der Waals surface area contributed by atoms with Crippen LogP contribution in [0.2, 0.25) is 0 Å². The number of nitrogens with one attached hydrogen (secondary N) is 1. The van der Waals surface area contributed by atoms with E-state index < -0.39 is 18.0 Å². The lowest BCUT2D eigenvalue weighted by Crippen LogP contribution is -2.39. The second-order valence-electron chi connectivity index (χ2n) is 2.92. The number of carbonyl (C=O) groups excluding carboxylic acids is 1. The van der Waals surface area contributed by atoms with Gasteiger partial charge in [-0.25, -0.2) is 4.79 Å². The minimum absolute atomic E-state index is 0.190. The van der Waals surface area contributed by atoms with Gasteiger partial charge in [0.25, 0.3) is 0 Å². The van der Waals surface area contributed by atoms with Crippen LogP contribution < -0.4 is 16.8 Å². The Bertz CT molecular complexity index is 195. The Morgan fingerprint density at radius 2 is 2.08 bits per heavy atom. The molecule has 0 bridgehead atoms. The molecule has 6 heteroatoms. The smallest absolute Gasteiger partial charge is 0.320 e. The molecule has 0 radical (unpaired) electrons. The Labute approximate surface area is 76.3 Å². The van der Waals surface area contributed by atoms with Crippen LogP contribution in [-0.2, 0) is 4.79 Å². The molecule has 2 amide bonds. The number of nitrogens with two attached hydrogens (primary N) is 2. The van der Waals surface area contributed by atoms with E-state index in [1.54, 1.807) is 6.92 Å². The highest BCUT2D eigenvalue weighted by atomic mass is 16.4. The van der Waals surface area contributed by atoms with Crippen molar-refractivity contribution in [3.63, 3.8) is 0 Å². The van der Waals surface area contributed by atoms with Gasteiger partial charge in [0, 0.05) is 6.54 Å². The molecular weight excluding hydrogens is 174 g/mol. The Morgan fingerprint density at radius 3 is 2.46 bits per heavy atom. The fourth-order valence-corrected chi connectivity index (χ4v) is 0.846. The number of hydrogen-bond acceptors (Lipinski definition) is 3. The zero-order chi connectivity index (χ0) is 10.4. The van der Waals surface area contributed by atoms with Gasteiger partial charge >= 0.3 is 12.0 Å². The van der Waals surface area contributed by atoms with E-state index >= 15 is 0 Å². The van der Waals surface area contributed by atoms with E-state index in [2.05, 4.69) is 5.32 Å². The molecule has 0 saturated heterocycles. The minimum Gasteiger partial charge on any atom is -0.480 e. The molecule has 0 aromatic rings. The number of rotatable bonds is 5. The number of primary amides is 1. The molecule has 0 heterocycles. The highest BCUT2D eigenvalue weighted by molar-refractivity contribution is 5.73. The van der Waals surface area contributed by atoms with E-state index in [0.717, 1.165) is 0 Å². The van der Waals surface area contributed by atoms with Crippen LogP contribution in [0, 0.1) is 5.92 Å². The number of amides is 2. The van der Waals surface area contributed by atoms with Gasteiger partial charge in [-0.05, 0) is 12.3 Å². The molecule has 0 fully saturated rings. The predicted octanol–water partition coefficient (Wildman–Crippen LogP) is -0.907. The Kier molecular flexibility index (Phi) is 4.83. The molecule has 6 nitrogen and oxygen atoms in total. The average Bonchev–Trinajstić information content (AvgIpc) is 2.02. The quantitative estimate of drug-likeness (QED) is 0.447. The number of carbonyl (C=O) groups is 2. The standard InChI is InChI=1S/C7H15N3O3/c1-4(5(8)6(11)12)2-3-10-7(9)13/h4-5H,2-3,8H2,1H3,(H,11,12)(H3,9,10,13)/t4?,5-/m0/s1. The first-order valence-electron chi connectivity index (χ1n) is 3.97. The van der Waals surface area contributed by atoms with Gasteiger partial charge in [-0.2, -0.15) is 0 Å². The first-order valence-corrected chi connectivity index (χ1v) is 3.97. The molecule has 1 unspecified atom stereocenters. The van der Waals surface area contributed by atoms with Crippen LogP contribution in [0.4, 0.5) is 4.79 Å². The molecule has 0 aliphatic heterocycles. The Morgan fingerprint density at radius 1 is 1.54 bits per heavy atom. The van der Waals surface area contributed by atoms with Gasteiger partial charge in [0.2, 0.25) is 0 Å². The number of carboxylic acids is 1. The van der Waals surface area contributed by atoms with Crippen molar-refractivity contribution < 1.29 is 14.7 Å². The lowest BCUT2D eigenvalue weighted by atomic mass is 9.99. The summed E-state index contributed by atoms with van der Waals surface area (Å²) in [5.74, 6) is -1.23. The summed E-state index contributed by atoms with van der Waals surface area (Å²) in [6, 6.07) is -1.51. The van der Waals surface area contributed by atoms with Crippen molar-refractivity contribution in [2.24, 2.45) is 17.4 Å². The SMILES string of the molecule is CC(CCNC(N)=O)[C@H](N)C(=O)O. The first kappa shape index (κ1) is 11.7. The van der Waals surface area contributed by atoms with Crippen molar-refractivity contribution >= 4 is 12.0 Å². The van der Waals surface area contributed by atoms with Gasteiger partial charge < -0.3 is 21.9 Å². The zero-order valence-corrected chi connectivity index (χ0v) is 7.49. The maximum absolute atomic E-state index is 10.4. The van der Waals surface area contributed by atoms with Crippen LogP contribution in [0.15, 0.2) is 0 Å². The van der Waals surface area contributed by atoms with Crippen LogP contribution in [0.3, 0.4) is 0 Å². The third-order valence-electron chi connectivity index (χ3n) is 1.80. The number of carboxylic acid groups (broad SMARTS) is 1. The zero-order valence-electron chi connectivity index (χ0n) is 7.49. The number of urea groups is 1. The van der Waals surface area contributed by atoms with Crippen molar-refractivity contribution in [3.05, 3.63) is 0 Å². The molecule has 13 heavy (non-hydrogen) atoms. The van der Waals surface area contributed by atoms with E-state index in [1.807, 2.05) is 0 Å². The molecule has 0 aromatic carbocycles. The van der Waals surface area contributed by atoms with Gasteiger partial charge in [0.15, 0.2) is 0 Å². The van der Waals surface area contributed by atoms with E-state index in [4.69, 9.17) is 16.6 Å². The third-order valence-corrected chi connectivity index (χ3v) is 1.80. The normalized spacial score (nSPS) is 14.6. The number of aliphatic carboxylic acids is 1. The number of hydrogen-bond donors (Lipinski definition) is 4. The van der Waals surface area contributed by atoms with Crippen molar-refractivity contribution in [3.8, 4) is 0 Å². The van der Waals surface area contributed by atoms with Crippen molar-refractivity contribution in [1.29, 1.82) is 0 Å². The second kappa shape index (κ2) is 5.36. The fraction of sp³-hybridized carbons (Fsp3) is 0.714. The lowest BCUT2D eigenvalue weighted by molar-refractivity contribution is -0.139. The summed E-state index contributed by atoms with van der Waals surface area (Å²) in [7, 11) is 0. The summed E-state index contributed by atoms with van der Waals surface area (Å²) >= 11 is 0. The fourth-order valence-electron chi connectivity index (χ4n) is 0.846. The molecule has 76 valence electrons. The summed E-state index contributed by atoms with van der Waals surface area (Å²) < 4.78 is 0. The van der Waals surface area contributed by atoms with Crippen LogP contribution in [0.1, 0.15) is 13.3 Å². The molecule has 6 N–H and O–H groups in total. The summed E-state index contributed by atoms with van der Waals surface area (Å²) in [5, 5.41) is 10.9. The first-order chi connectivity index (χ1) is 5.95. The molecule has 0 saturated carbocycles. The molecule has 2 atom stereocenters. The molecular formula is C7H15N3O3. The third kappa shape index (κ3) is 5.02. The van der Waals surface area contributed by atoms with Gasteiger partial charge in [0.1, 0.15) is 6.04 Å². The molecule has 0 aliphatic carbocycles. The van der Waals surface area contributed by atoms with Crippen LogP contribution in [-0.4, -0.2) is 29.7 Å². The molecule has 0 spiro atoms. The van der Waals surface area contributed by atoms with Crippen molar-refractivity contribution in [1.82, 2.24) is 5.32 Å². The maximum Gasteiger partial charge on any atom is 0.320 e.